The fourth-order valence-corrected chi connectivity index (χ4v) is 4.95. The number of nitrogens with zero attached hydrogens (tertiary/aromatic N) is 2. The minimum Gasteiger partial charge on any atom is -0.489 e. The van der Waals surface area contributed by atoms with Crippen molar-refractivity contribution in [1.29, 1.82) is 0 Å². The molecule has 3 aromatic carbocycles. The molecule has 0 aliphatic carbocycles. The van der Waals surface area contributed by atoms with E-state index in [0.29, 0.717) is 34.7 Å². The van der Waals surface area contributed by atoms with E-state index in [2.05, 4.69) is 4.98 Å². The molecule has 1 amide bonds. The van der Waals surface area contributed by atoms with Gasteiger partial charge in [0.2, 0.25) is 5.76 Å². The van der Waals surface area contributed by atoms with Crippen molar-refractivity contribution in [2.75, 3.05) is 4.90 Å². The number of rotatable bonds is 5. The standard InChI is InChI=1S/C32H26N2O4/c1-19-12-13-33-27(14-19)34-29(23-10-7-11-24(17-23)37-18-22-8-5-4-6-9-22)28-30(35)25-15-20(2)21(3)16-26(25)38-31(28)32(34)36/h4-17,29H,18H2,1-3H3. The van der Waals surface area contributed by atoms with Crippen LogP contribution in [0.1, 0.15) is 50.0 Å². The number of aryl methyl sites for hydroxylation is 3. The minimum atomic E-state index is -0.714. The zero-order valence-electron chi connectivity index (χ0n) is 21.4. The number of carbonyl (C=O) groups excluding carboxylic acids is 1. The van der Waals surface area contributed by atoms with Crippen LogP contribution in [0.3, 0.4) is 0 Å². The highest BCUT2D eigenvalue weighted by atomic mass is 16.5. The third kappa shape index (κ3) is 4.04. The molecular weight excluding hydrogens is 476 g/mol. The van der Waals surface area contributed by atoms with Gasteiger partial charge in [-0.05, 0) is 85.0 Å². The Labute approximate surface area is 220 Å². The quantitative estimate of drug-likeness (QED) is 0.276. The van der Waals surface area contributed by atoms with Gasteiger partial charge in [0.25, 0.3) is 5.91 Å². The number of carbonyl (C=O) groups is 1. The molecule has 0 saturated heterocycles. The highest BCUT2D eigenvalue weighted by Crippen LogP contribution is 2.41. The molecule has 6 heteroatoms. The average Bonchev–Trinajstić information content (AvgIpc) is 3.22. The number of amides is 1. The van der Waals surface area contributed by atoms with Gasteiger partial charge in [0, 0.05) is 6.20 Å². The van der Waals surface area contributed by atoms with Crippen LogP contribution in [-0.4, -0.2) is 10.9 Å². The van der Waals surface area contributed by atoms with E-state index < -0.39 is 11.9 Å². The zero-order valence-corrected chi connectivity index (χ0v) is 21.4. The molecule has 0 saturated carbocycles. The summed E-state index contributed by atoms with van der Waals surface area (Å²) >= 11 is 0. The van der Waals surface area contributed by atoms with Gasteiger partial charge in [-0.3, -0.25) is 14.5 Å². The Morgan fingerprint density at radius 2 is 1.68 bits per heavy atom. The van der Waals surface area contributed by atoms with Crippen LogP contribution in [0.5, 0.6) is 5.75 Å². The van der Waals surface area contributed by atoms with Gasteiger partial charge in [0.05, 0.1) is 17.0 Å². The summed E-state index contributed by atoms with van der Waals surface area (Å²) in [5, 5.41) is 0.459. The number of benzene rings is 3. The van der Waals surface area contributed by atoms with Crippen LogP contribution in [0.2, 0.25) is 0 Å². The van der Waals surface area contributed by atoms with E-state index in [1.165, 1.54) is 0 Å². The summed E-state index contributed by atoms with van der Waals surface area (Å²) in [6.07, 6.45) is 1.66. The number of fused-ring (bicyclic) bond motifs is 2. The van der Waals surface area contributed by atoms with Crippen molar-refractivity contribution in [3.05, 3.63) is 134 Å². The summed E-state index contributed by atoms with van der Waals surface area (Å²) in [6.45, 7) is 6.26. The van der Waals surface area contributed by atoms with Gasteiger partial charge in [-0.2, -0.15) is 0 Å². The molecule has 1 atom stereocenters. The summed E-state index contributed by atoms with van der Waals surface area (Å²) in [5.41, 5.74) is 5.21. The van der Waals surface area contributed by atoms with Crippen molar-refractivity contribution < 1.29 is 13.9 Å². The van der Waals surface area contributed by atoms with Crippen LogP contribution >= 0.6 is 0 Å². The van der Waals surface area contributed by atoms with Crippen molar-refractivity contribution in [2.24, 2.45) is 0 Å². The number of pyridine rings is 1. The Balaban J connectivity index is 1.51. The lowest BCUT2D eigenvalue weighted by atomic mass is 9.97. The van der Waals surface area contributed by atoms with E-state index in [-0.39, 0.29) is 11.2 Å². The van der Waals surface area contributed by atoms with Crippen LogP contribution in [0.25, 0.3) is 11.0 Å². The molecular formula is C32H26N2O4. The molecule has 0 N–H and O–H groups in total. The second-order valence-electron chi connectivity index (χ2n) is 9.72. The Kier molecular flexibility index (Phi) is 5.80. The largest absolute Gasteiger partial charge is 0.489 e. The SMILES string of the molecule is Cc1ccnc(N2C(=O)c3oc4cc(C)c(C)cc4c(=O)c3C2c2cccc(OCc3ccccc3)c2)c1. The van der Waals surface area contributed by atoms with Crippen molar-refractivity contribution >= 4 is 22.7 Å². The molecule has 0 bridgehead atoms. The highest BCUT2D eigenvalue weighted by molar-refractivity contribution is 6.10. The number of ether oxygens (including phenoxy) is 1. The maximum atomic E-state index is 14.0. The molecule has 6 nitrogen and oxygen atoms in total. The first-order chi connectivity index (χ1) is 18.4. The Morgan fingerprint density at radius 3 is 2.47 bits per heavy atom. The second-order valence-corrected chi connectivity index (χ2v) is 9.72. The van der Waals surface area contributed by atoms with Crippen LogP contribution in [0, 0.1) is 20.8 Å². The van der Waals surface area contributed by atoms with E-state index in [0.717, 1.165) is 27.8 Å². The minimum absolute atomic E-state index is 0.0506. The van der Waals surface area contributed by atoms with Gasteiger partial charge in [0.1, 0.15) is 23.8 Å². The van der Waals surface area contributed by atoms with Gasteiger partial charge < -0.3 is 9.15 Å². The lowest BCUT2D eigenvalue weighted by Crippen LogP contribution is -2.30. The molecule has 38 heavy (non-hydrogen) atoms. The molecule has 188 valence electrons. The Bertz CT molecular complexity index is 1760. The number of anilines is 1. The molecule has 6 rings (SSSR count). The summed E-state index contributed by atoms with van der Waals surface area (Å²) in [7, 11) is 0. The molecule has 5 aromatic rings. The summed E-state index contributed by atoms with van der Waals surface area (Å²) < 4.78 is 12.2. The highest BCUT2D eigenvalue weighted by Gasteiger charge is 2.44. The first-order valence-corrected chi connectivity index (χ1v) is 12.5. The maximum Gasteiger partial charge on any atom is 0.296 e. The van der Waals surface area contributed by atoms with Gasteiger partial charge in [0.15, 0.2) is 5.43 Å². The van der Waals surface area contributed by atoms with Crippen LogP contribution < -0.4 is 15.1 Å². The van der Waals surface area contributed by atoms with Crippen LogP contribution in [-0.2, 0) is 6.61 Å². The molecule has 1 unspecified atom stereocenters. The second kappa shape index (κ2) is 9.30. The molecule has 1 aliphatic heterocycles. The fraction of sp³-hybridized carbons (Fsp3) is 0.156. The predicted molar refractivity (Wildman–Crippen MR) is 147 cm³/mol. The van der Waals surface area contributed by atoms with Crippen molar-refractivity contribution in [3.8, 4) is 5.75 Å². The average molecular weight is 503 g/mol. The number of aromatic nitrogens is 1. The smallest absolute Gasteiger partial charge is 0.296 e. The third-order valence-electron chi connectivity index (χ3n) is 7.06. The van der Waals surface area contributed by atoms with E-state index in [1.807, 2.05) is 99.6 Å². The lowest BCUT2D eigenvalue weighted by molar-refractivity contribution is 0.0970. The normalized spacial score (nSPS) is 14.7. The van der Waals surface area contributed by atoms with Gasteiger partial charge in [-0.15, -0.1) is 0 Å². The molecule has 3 heterocycles. The predicted octanol–water partition coefficient (Wildman–Crippen LogP) is 6.44. The van der Waals surface area contributed by atoms with E-state index >= 15 is 0 Å². The van der Waals surface area contributed by atoms with Crippen molar-refractivity contribution in [3.63, 3.8) is 0 Å². The first kappa shape index (κ1) is 23.7. The van der Waals surface area contributed by atoms with Crippen molar-refractivity contribution in [1.82, 2.24) is 4.98 Å². The van der Waals surface area contributed by atoms with E-state index in [4.69, 9.17) is 9.15 Å². The van der Waals surface area contributed by atoms with Crippen LogP contribution in [0.15, 0.2) is 94.3 Å². The van der Waals surface area contributed by atoms with Crippen LogP contribution in [0.4, 0.5) is 5.82 Å². The van der Waals surface area contributed by atoms with Crippen molar-refractivity contribution in [2.45, 2.75) is 33.4 Å². The lowest BCUT2D eigenvalue weighted by Gasteiger charge is -2.24. The summed E-state index contributed by atoms with van der Waals surface area (Å²) in [6, 6.07) is 24.1. The van der Waals surface area contributed by atoms with E-state index in [9.17, 15) is 9.59 Å². The monoisotopic (exact) mass is 502 g/mol. The van der Waals surface area contributed by atoms with E-state index in [1.54, 1.807) is 11.1 Å². The third-order valence-corrected chi connectivity index (χ3v) is 7.06. The molecule has 1 aliphatic rings. The van der Waals surface area contributed by atoms with Gasteiger partial charge in [-0.25, -0.2) is 4.98 Å². The zero-order chi connectivity index (χ0) is 26.4. The first-order valence-electron chi connectivity index (χ1n) is 12.5. The number of hydrogen-bond donors (Lipinski definition) is 0. The maximum absolute atomic E-state index is 14.0. The summed E-state index contributed by atoms with van der Waals surface area (Å²) in [5.74, 6) is 0.754. The van der Waals surface area contributed by atoms with Gasteiger partial charge >= 0.3 is 0 Å². The molecule has 0 radical (unpaired) electrons. The summed E-state index contributed by atoms with van der Waals surface area (Å²) in [4.78, 5) is 33.9. The molecule has 0 spiro atoms. The molecule has 0 fully saturated rings. The fourth-order valence-electron chi connectivity index (χ4n) is 4.95. The van der Waals surface area contributed by atoms with Gasteiger partial charge in [-0.1, -0.05) is 42.5 Å². The molecule has 2 aromatic heterocycles. The topological polar surface area (TPSA) is 72.6 Å². The Hall–Kier alpha value is -4.71. The Morgan fingerprint density at radius 1 is 0.895 bits per heavy atom. The number of hydrogen-bond acceptors (Lipinski definition) is 5.